The second-order valence-corrected chi connectivity index (χ2v) is 5.28. The number of hydrogen-bond acceptors (Lipinski definition) is 6. The highest BCUT2D eigenvalue weighted by molar-refractivity contribution is 5.83. The van der Waals surface area contributed by atoms with Crippen LogP contribution in [0, 0.1) is 5.41 Å². The molecular weight excluding hydrogens is 314 g/mol. The van der Waals surface area contributed by atoms with Crippen LogP contribution in [0.5, 0.6) is 11.8 Å². The van der Waals surface area contributed by atoms with Crippen LogP contribution in [0.1, 0.15) is 5.56 Å². The van der Waals surface area contributed by atoms with Crippen molar-refractivity contribution in [2.24, 2.45) is 0 Å². The van der Waals surface area contributed by atoms with Crippen molar-refractivity contribution in [2.45, 2.75) is 0 Å². The van der Waals surface area contributed by atoms with E-state index in [0.717, 1.165) is 16.8 Å². The normalized spacial score (nSPS) is 10.2. The summed E-state index contributed by atoms with van der Waals surface area (Å²) >= 11 is 0. The third-order valence-electron chi connectivity index (χ3n) is 3.74. The van der Waals surface area contributed by atoms with Crippen LogP contribution in [0.4, 0.5) is 11.5 Å². The zero-order valence-electron chi connectivity index (χ0n) is 14.1. The van der Waals surface area contributed by atoms with Crippen molar-refractivity contribution in [1.82, 2.24) is 9.97 Å². The molecule has 0 aliphatic carbocycles. The summed E-state index contributed by atoms with van der Waals surface area (Å²) in [7, 11) is 3.63. The van der Waals surface area contributed by atoms with Crippen molar-refractivity contribution in [2.75, 3.05) is 24.7 Å². The number of ether oxygens (including phenoxy) is 1. The highest BCUT2D eigenvalue weighted by atomic mass is 16.5. The van der Waals surface area contributed by atoms with Crippen molar-refractivity contribution < 1.29 is 4.74 Å². The van der Waals surface area contributed by atoms with E-state index in [2.05, 4.69) is 26.7 Å². The largest absolute Gasteiger partial charge is 0.424 e. The average Bonchev–Trinajstić information content (AvgIpc) is 2.68. The lowest BCUT2D eigenvalue weighted by Crippen LogP contribution is -2.02. The fourth-order valence-electron chi connectivity index (χ4n) is 2.46. The standard InChI is InChI=1S/C19H19N5O/c1-21-15-7-5-6-13(10-15)16-8-3-4-9-17(16)25-19-23-12-14(11-20)18(22-2)24-19/h3-12,20-21H,1-2H3,(H,22,23,24). The molecule has 0 atom stereocenters. The number of nitrogens with zero attached hydrogens (tertiary/aromatic N) is 2. The van der Waals surface area contributed by atoms with Crippen molar-refractivity contribution >= 4 is 17.7 Å². The van der Waals surface area contributed by atoms with Crippen LogP contribution in [0.25, 0.3) is 11.1 Å². The van der Waals surface area contributed by atoms with Crippen LogP contribution in [0.2, 0.25) is 0 Å². The summed E-state index contributed by atoms with van der Waals surface area (Å²) in [6.45, 7) is 0. The van der Waals surface area contributed by atoms with Gasteiger partial charge in [0.1, 0.15) is 11.6 Å². The van der Waals surface area contributed by atoms with Crippen molar-refractivity contribution in [3.63, 3.8) is 0 Å². The molecular formula is C19H19N5O. The quantitative estimate of drug-likeness (QED) is 0.594. The lowest BCUT2D eigenvalue weighted by Gasteiger charge is -2.12. The number of anilines is 2. The summed E-state index contributed by atoms with van der Waals surface area (Å²) in [5, 5.41) is 13.5. The van der Waals surface area contributed by atoms with E-state index in [1.165, 1.54) is 6.21 Å². The Morgan fingerprint density at radius 2 is 1.88 bits per heavy atom. The fourth-order valence-corrected chi connectivity index (χ4v) is 2.46. The molecule has 25 heavy (non-hydrogen) atoms. The van der Waals surface area contributed by atoms with Gasteiger partial charge in [0.2, 0.25) is 0 Å². The van der Waals surface area contributed by atoms with E-state index in [1.54, 1.807) is 13.2 Å². The minimum absolute atomic E-state index is 0.229. The summed E-state index contributed by atoms with van der Waals surface area (Å²) in [5.41, 5.74) is 3.61. The SMILES string of the molecule is CNc1cccc(-c2ccccc2Oc2ncc(C=N)c(NC)n2)c1. The van der Waals surface area contributed by atoms with Gasteiger partial charge in [-0.05, 0) is 23.8 Å². The van der Waals surface area contributed by atoms with Gasteiger partial charge in [-0.15, -0.1) is 0 Å². The predicted molar refractivity (Wildman–Crippen MR) is 101 cm³/mol. The zero-order valence-corrected chi connectivity index (χ0v) is 14.1. The molecule has 0 aliphatic heterocycles. The van der Waals surface area contributed by atoms with Crippen LogP contribution >= 0.6 is 0 Å². The molecule has 0 bridgehead atoms. The maximum absolute atomic E-state index is 7.37. The molecule has 0 unspecified atom stereocenters. The van der Waals surface area contributed by atoms with E-state index in [9.17, 15) is 0 Å². The second-order valence-electron chi connectivity index (χ2n) is 5.28. The molecule has 0 spiro atoms. The van der Waals surface area contributed by atoms with E-state index in [4.69, 9.17) is 10.1 Å². The van der Waals surface area contributed by atoms with Gasteiger partial charge in [-0.3, -0.25) is 0 Å². The molecule has 3 aromatic rings. The number of rotatable bonds is 6. The van der Waals surface area contributed by atoms with Crippen LogP contribution < -0.4 is 15.4 Å². The number of aromatic nitrogens is 2. The molecule has 1 heterocycles. The maximum atomic E-state index is 7.37. The van der Waals surface area contributed by atoms with Crippen molar-refractivity contribution in [3.8, 4) is 22.9 Å². The van der Waals surface area contributed by atoms with Gasteiger partial charge >= 0.3 is 6.01 Å². The van der Waals surface area contributed by atoms with Gasteiger partial charge in [0, 0.05) is 37.8 Å². The topological polar surface area (TPSA) is 82.9 Å². The lowest BCUT2D eigenvalue weighted by molar-refractivity contribution is 0.444. The van der Waals surface area contributed by atoms with Gasteiger partial charge in [-0.25, -0.2) is 4.98 Å². The van der Waals surface area contributed by atoms with Gasteiger partial charge in [0.05, 0.1) is 5.56 Å². The Morgan fingerprint density at radius 1 is 1.04 bits per heavy atom. The van der Waals surface area contributed by atoms with Crippen LogP contribution in [0.15, 0.2) is 54.7 Å². The second kappa shape index (κ2) is 7.44. The van der Waals surface area contributed by atoms with Gasteiger partial charge < -0.3 is 20.8 Å². The minimum Gasteiger partial charge on any atom is -0.424 e. The minimum atomic E-state index is 0.229. The third-order valence-corrected chi connectivity index (χ3v) is 3.74. The van der Waals surface area contributed by atoms with E-state index >= 15 is 0 Å². The highest BCUT2D eigenvalue weighted by Crippen LogP contribution is 2.33. The predicted octanol–water partition coefficient (Wildman–Crippen LogP) is 4.02. The zero-order chi connectivity index (χ0) is 17.6. The first-order valence-corrected chi connectivity index (χ1v) is 7.85. The van der Waals surface area contributed by atoms with Crippen molar-refractivity contribution in [3.05, 3.63) is 60.3 Å². The number of para-hydroxylation sites is 1. The van der Waals surface area contributed by atoms with E-state index in [0.29, 0.717) is 17.1 Å². The Hall–Kier alpha value is -3.41. The number of benzene rings is 2. The lowest BCUT2D eigenvalue weighted by atomic mass is 10.0. The molecule has 3 rings (SSSR count). The molecule has 1 aromatic heterocycles. The molecule has 6 heteroatoms. The van der Waals surface area contributed by atoms with Gasteiger partial charge in [-0.2, -0.15) is 4.98 Å². The van der Waals surface area contributed by atoms with E-state index in [-0.39, 0.29) is 6.01 Å². The molecule has 0 saturated carbocycles. The van der Waals surface area contributed by atoms with Gasteiger partial charge in [-0.1, -0.05) is 30.3 Å². The molecule has 0 aliphatic rings. The Morgan fingerprint density at radius 3 is 2.64 bits per heavy atom. The monoisotopic (exact) mass is 333 g/mol. The first kappa shape index (κ1) is 16.4. The fraction of sp³-hybridized carbons (Fsp3) is 0.105. The number of hydrogen-bond donors (Lipinski definition) is 3. The van der Waals surface area contributed by atoms with Crippen molar-refractivity contribution in [1.29, 1.82) is 5.41 Å². The smallest absolute Gasteiger partial charge is 0.323 e. The molecule has 0 radical (unpaired) electrons. The Balaban J connectivity index is 1.97. The molecule has 2 aromatic carbocycles. The summed E-state index contributed by atoms with van der Waals surface area (Å²) in [6, 6.07) is 16.1. The maximum Gasteiger partial charge on any atom is 0.323 e. The van der Waals surface area contributed by atoms with E-state index < -0.39 is 0 Å². The van der Waals surface area contributed by atoms with Gasteiger partial charge in [0.15, 0.2) is 0 Å². The molecule has 6 nitrogen and oxygen atoms in total. The van der Waals surface area contributed by atoms with Gasteiger partial charge in [0.25, 0.3) is 0 Å². The summed E-state index contributed by atoms with van der Waals surface area (Å²) < 4.78 is 5.92. The average molecular weight is 333 g/mol. The van der Waals surface area contributed by atoms with Crippen LogP contribution in [-0.4, -0.2) is 30.3 Å². The van der Waals surface area contributed by atoms with Crippen LogP contribution in [0.3, 0.4) is 0 Å². The molecule has 126 valence electrons. The first-order valence-electron chi connectivity index (χ1n) is 7.85. The first-order chi connectivity index (χ1) is 12.2. The van der Waals surface area contributed by atoms with Crippen LogP contribution in [-0.2, 0) is 0 Å². The Bertz CT molecular complexity index is 894. The summed E-state index contributed by atoms with van der Waals surface area (Å²) in [4.78, 5) is 8.50. The summed E-state index contributed by atoms with van der Waals surface area (Å²) in [5.74, 6) is 1.22. The Labute approximate surface area is 146 Å². The number of nitrogens with one attached hydrogen (secondary N) is 3. The summed E-state index contributed by atoms with van der Waals surface area (Å²) in [6.07, 6.45) is 2.76. The highest BCUT2D eigenvalue weighted by Gasteiger charge is 2.11. The molecule has 0 amide bonds. The molecule has 3 N–H and O–H groups in total. The Kier molecular flexibility index (Phi) is 4.89. The van der Waals surface area contributed by atoms with E-state index in [1.807, 2.05) is 49.5 Å². The third kappa shape index (κ3) is 3.58. The molecule has 0 saturated heterocycles. The molecule has 0 fully saturated rings.